The van der Waals surface area contributed by atoms with E-state index in [1.165, 1.54) is 18.7 Å². The number of hydrogen-bond acceptors (Lipinski definition) is 4. The second-order valence-electron chi connectivity index (χ2n) is 3.51. The lowest BCUT2D eigenvalue weighted by Crippen LogP contribution is -2.23. The molecule has 17 heavy (non-hydrogen) atoms. The third-order valence-electron chi connectivity index (χ3n) is 2.32. The highest BCUT2D eigenvalue weighted by molar-refractivity contribution is 5.93. The van der Waals surface area contributed by atoms with Gasteiger partial charge in [0.15, 0.2) is 0 Å². The van der Waals surface area contributed by atoms with Gasteiger partial charge in [0, 0.05) is 24.6 Å². The first-order valence-corrected chi connectivity index (χ1v) is 5.14. The third-order valence-corrected chi connectivity index (χ3v) is 2.32. The Morgan fingerprint density at radius 1 is 1.24 bits per heavy atom. The zero-order valence-corrected chi connectivity index (χ0v) is 9.13. The number of carbonyl (C=O) groups excluding carboxylic acids is 1. The summed E-state index contributed by atoms with van der Waals surface area (Å²) in [5.74, 6) is -0.214. The minimum atomic E-state index is -0.214. The second-order valence-corrected chi connectivity index (χ2v) is 3.51. The molecule has 0 atom stereocenters. The molecule has 1 aromatic heterocycles. The van der Waals surface area contributed by atoms with Gasteiger partial charge in [-0.3, -0.25) is 4.79 Å². The highest BCUT2D eigenvalue weighted by Crippen LogP contribution is 2.09. The van der Waals surface area contributed by atoms with Crippen LogP contribution in [0, 0.1) is 0 Å². The lowest BCUT2D eigenvalue weighted by molar-refractivity contribution is 0.0950. The van der Waals surface area contributed by atoms with Crippen molar-refractivity contribution < 1.29 is 4.79 Å². The van der Waals surface area contributed by atoms with Gasteiger partial charge in [-0.1, -0.05) is 18.2 Å². The fourth-order valence-corrected chi connectivity index (χ4v) is 1.39. The van der Waals surface area contributed by atoms with Gasteiger partial charge < -0.3 is 11.1 Å². The molecule has 1 amide bonds. The Morgan fingerprint density at radius 3 is 2.65 bits per heavy atom. The van der Waals surface area contributed by atoms with Crippen LogP contribution in [-0.2, 0) is 6.54 Å². The molecule has 0 fully saturated rings. The fraction of sp³-hybridized carbons (Fsp3) is 0.0833. The van der Waals surface area contributed by atoms with Crippen molar-refractivity contribution in [2.75, 3.05) is 5.73 Å². The number of rotatable bonds is 3. The number of benzene rings is 1. The Balaban J connectivity index is 2.00. The van der Waals surface area contributed by atoms with Crippen molar-refractivity contribution in [3.05, 3.63) is 54.1 Å². The number of nitrogens with zero attached hydrogens (tertiary/aromatic N) is 2. The third kappa shape index (κ3) is 2.78. The summed E-state index contributed by atoms with van der Waals surface area (Å²) in [5.41, 5.74) is 7.75. The Morgan fingerprint density at radius 2 is 1.94 bits per heavy atom. The Kier molecular flexibility index (Phi) is 3.30. The largest absolute Gasteiger partial charge is 0.398 e. The first-order valence-electron chi connectivity index (χ1n) is 5.14. The van der Waals surface area contributed by atoms with Crippen molar-refractivity contribution in [3.63, 3.8) is 0 Å². The standard InChI is InChI=1S/C12H12N4O/c13-11-4-2-1-3-9(11)7-16-12(17)10-5-14-8-15-6-10/h1-6,8H,7,13H2,(H,16,17). The molecule has 0 aliphatic heterocycles. The van der Waals surface area contributed by atoms with Crippen LogP contribution in [0.3, 0.4) is 0 Å². The molecule has 2 aromatic rings. The van der Waals surface area contributed by atoms with Gasteiger partial charge in [0.25, 0.3) is 5.91 Å². The Hall–Kier alpha value is -2.43. The number of nitrogens with one attached hydrogen (secondary N) is 1. The summed E-state index contributed by atoms with van der Waals surface area (Å²) in [7, 11) is 0. The van der Waals surface area contributed by atoms with Crippen LogP contribution >= 0.6 is 0 Å². The average Bonchev–Trinajstić information content (AvgIpc) is 2.38. The smallest absolute Gasteiger partial charge is 0.254 e. The van der Waals surface area contributed by atoms with Gasteiger partial charge >= 0.3 is 0 Å². The van der Waals surface area contributed by atoms with E-state index in [-0.39, 0.29) is 5.91 Å². The van der Waals surface area contributed by atoms with E-state index in [1.807, 2.05) is 18.2 Å². The average molecular weight is 228 g/mol. The summed E-state index contributed by atoms with van der Waals surface area (Å²) in [6, 6.07) is 7.40. The summed E-state index contributed by atoms with van der Waals surface area (Å²) in [4.78, 5) is 19.3. The Bertz CT molecular complexity index is 513. The fourth-order valence-electron chi connectivity index (χ4n) is 1.39. The molecule has 0 saturated carbocycles. The van der Waals surface area contributed by atoms with Crippen molar-refractivity contribution in [3.8, 4) is 0 Å². The number of nitrogen functional groups attached to an aromatic ring is 1. The molecule has 2 rings (SSSR count). The molecule has 3 N–H and O–H groups in total. The topological polar surface area (TPSA) is 80.9 Å². The number of nitrogens with two attached hydrogens (primary N) is 1. The van der Waals surface area contributed by atoms with E-state index >= 15 is 0 Å². The van der Waals surface area contributed by atoms with Gasteiger partial charge in [-0.2, -0.15) is 0 Å². The van der Waals surface area contributed by atoms with E-state index < -0.39 is 0 Å². The monoisotopic (exact) mass is 228 g/mol. The quantitative estimate of drug-likeness (QED) is 0.767. The molecule has 0 spiro atoms. The summed E-state index contributed by atoms with van der Waals surface area (Å²) in [6.07, 6.45) is 4.32. The predicted molar refractivity (Wildman–Crippen MR) is 64.1 cm³/mol. The maximum atomic E-state index is 11.7. The van der Waals surface area contributed by atoms with Crippen molar-refractivity contribution in [1.29, 1.82) is 0 Å². The SMILES string of the molecule is Nc1ccccc1CNC(=O)c1cncnc1. The molecule has 0 saturated heterocycles. The highest BCUT2D eigenvalue weighted by Gasteiger charge is 2.05. The zero-order chi connectivity index (χ0) is 12.1. The molecular formula is C12H12N4O. The molecule has 0 aliphatic carbocycles. The van der Waals surface area contributed by atoms with Crippen LogP contribution in [0.25, 0.3) is 0 Å². The number of carbonyl (C=O) groups is 1. The predicted octanol–water partition coefficient (Wildman–Crippen LogP) is 0.989. The normalized spacial score (nSPS) is 9.88. The van der Waals surface area contributed by atoms with Crippen LogP contribution in [0.1, 0.15) is 15.9 Å². The van der Waals surface area contributed by atoms with Crippen molar-refractivity contribution in [2.45, 2.75) is 6.54 Å². The van der Waals surface area contributed by atoms with Crippen LogP contribution < -0.4 is 11.1 Å². The summed E-state index contributed by atoms with van der Waals surface area (Å²) >= 11 is 0. The zero-order valence-electron chi connectivity index (χ0n) is 9.13. The molecular weight excluding hydrogens is 216 g/mol. The van der Waals surface area contributed by atoms with E-state index in [1.54, 1.807) is 6.07 Å². The van der Waals surface area contributed by atoms with Crippen LogP contribution in [0.15, 0.2) is 43.0 Å². The summed E-state index contributed by atoms with van der Waals surface area (Å²) in [5, 5.41) is 2.76. The van der Waals surface area contributed by atoms with Crippen molar-refractivity contribution >= 4 is 11.6 Å². The lowest BCUT2D eigenvalue weighted by atomic mass is 10.2. The number of anilines is 1. The van der Waals surface area contributed by atoms with Crippen LogP contribution in [0.4, 0.5) is 5.69 Å². The number of para-hydroxylation sites is 1. The van der Waals surface area contributed by atoms with Gasteiger partial charge in [0.2, 0.25) is 0 Å². The van der Waals surface area contributed by atoms with E-state index in [2.05, 4.69) is 15.3 Å². The van der Waals surface area contributed by atoms with Gasteiger partial charge in [0.05, 0.1) is 5.56 Å². The van der Waals surface area contributed by atoms with E-state index in [4.69, 9.17) is 5.73 Å². The second kappa shape index (κ2) is 5.07. The molecule has 0 aliphatic rings. The van der Waals surface area contributed by atoms with Crippen LogP contribution in [0.5, 0.6) is 0 Å². The molecule has 5 nitrogen and oxygen atoms in total. The minimum Gasteiger partial charge on any atom is -0.398 e. The van der Waals surface area contributed by atoms with E-state index in [0.29, 0.717) is 17.8 Å². The Labute approximate surface area is 98.7 Å². The maximum Gasteiger partial charge on any atom is 0.254 e. The maximum absolute atomic E-state index is 11.7. The molecule has 0 radical (unpaired) electrons. The molecule has 0 unspecified atom stereocenters. The van der Waals surface area contributed by atoms with Gasteiger partial charge in [-0.25, -0.2) is 9.97 Å². The summed E-state index contributed by atoms with van der Waals surface area (Å²) < 4.78 is 0. The number of aromatic nitrogens is 2. The van der Waals surface area contributed by atoms with Crippen LogP contribution in [0.2, 0.25) is 0 Å². The molecule has 1 heterocycles. The van der Waals surface area contributed by atoms with E-state index in [0.717, 1.165) is 5.56 Å². The first-order chi connectivity index (χ1) is 8.27. The van der Waals surface area contributed by atoms with Gasteiger partial charge in [-0.05, 0) is 11.6 Å². The van der Waals surface area contributed by atoms with Gasteiger partial charge in [0.1, 0.15) is 6.33 Å². The molecule has 5 heteroatoms. The minimum absolute atomic E-state index is 0.214. The summed E-state index contributed by atoms with van der Waals surface area (Å²) in [6.45, 7) is 0.389. The molecule has 86 valence electrons. The van der Waals surface area contributed by atoms with Crippen molar-refractivity contribution in [2.24, 2.45) is 0 Å². The lowest BCUT2D eigenvalue weighted by Gasteiger charge is -2.07. The van der Waals surface area contributed by atoms with E-state index in [9.17, 15) is 4.79 Å². The van der Waals surface area contributed by atoms with Crippen molar-refractivity contribution in [1.82, 2.24) is 15.3 Å². The molecule has 0 bridgehead atoms. The number of amides is 1. The van der Waals surface area contributed by atoms with Gasteiger partial charge in [-0.15, -0.1) is 0 Å². The first kappa shape index (κ1) is 11.1. The molecule has 1 aromatic carbocycles. The number of hydrogen-bond donors (Lipinski definition) is 2. The highest BCUT2D eigenvalue weighted by atomic mass is 16.1. The van der Waals surface area contributed by atoms with Crippen LogP contribution in [-0.4, -0.2) is 15.9 Å².